The number of hydrogen-bond donors (Lipinski definition) is 1. The summed E-state index contributed by atoms with van der Waals surface area (Å²) in [7, 11) is 0. The number of fused-ring (bicyclic) bond motifs is 2. The van der Waals surface area contributed by atoms with Crippen LogP contribution in [-0.4, -0.2) is 54.5 Å². The van der Waals surface area contributed by atoms with Gasteiger partial charge in [0.05, 0.1) is 6.20 Å². The number of carbonyl (C=O) groups excluding carboxylic acids is 2. The van der Waals surface area contributed by atoms with Gasteiger partial charge in [-0.05, 0) is 55.1 Å². The number of pyridine rings is 1. The number of aromatic nitrogens is 1. The van der Waals surface area contributed by atoms with E-state index in [4.69, 9.17) is 9.15 Å². The Morgan fingerprint density at radius 3 is 2.76 bits per heavy atom. The van der Waals surface area contributed by atoms with Crippen LogP contribution in [0.2, 0.25) is 0 Å². The molecule has 0 bridgehead atoms. The Morgan fingerprint density at radius 2 is 2.00 bits per heavy atom. The van der Waals surface area contributed by atoms with Crippen LogP contribution < -0.4 is 5.32 Å². The molecule has 7 heteroatoms. The molecule has 7 nitrogen and oxygen atoms in total. The second-order valence-corrected chi connectivity index (χ2v) is 8.62. The molecule has 1 aliphatic carbocycles. The number of nitrogens with one attached hydrogen (secondary N) is 1. The summed E-state index contributed by atoms with van der Waals surface area (Å²) in [6, 6.07) is 3.58. The number of rotatable bonds is 6. The van der Waals surface area contributed by atoms with E-state index in [1.807, 2.05) is 6.07 Å². The summed E-state index contributed by atoms with van der Waals surface area (Å²) in [5.41, 5.74) is 0.625. The Hall–Kier alpha value is -2.41. The van der Waals surface area contributed by atoms with Crippen molar-refractivity contribution in [3.8, 4) is 0 Å². The molecule has 2 aliphatic heterocycles. The molecule has 1 saturated carbocycles. The van der Waals surface area contributed by atoms with Gasteiger partial charge in [0.1, 0.15) is 0 Å². The zero-order valence-electron chi connectivity index (χ0n) is 16.5. The molecule has 3 aliphatic rings. The van der Waals surface area contributed by atoms with E-state index in [-0.39, 0.29) is 5.91 Å². The first-order chi connectivity index (χ1) is 14.2. The molecule has 0 radical (unpaired) electrons. The highest BCUT2D eigenvalue weighted by Gasteiger charge is 2.55. The molecule has 154 valence electrons. The van der Waals surface area contributed by atoms with E-state index < -0.39 is 0 Å². The Labute approximate surface area is 169 Å². The summed E-state index contributed by atoms with van der Waals surface area (Å²) >= 11 is 0. The maximum Gasteiger partial charge on any atom is 0.287 e. The van der Waals surface area contributed by atoms with Gasteiger partial charge in [-0.15, -0.1) is 0 Å². The number of furan rings is 1. The number of carbonyl (C=O) groups is 2. The lowest BCUT2D eigenvalue weighted by molar-refractivity contribution is -0.132. The Bertz CT molecular complexity index is 859. The van der Waals surface area contributed by atoms with Crippen LogP contribution in [0.25, 0.3) is 11.0 Å². The summed E-state index contributed by atoms with van der Waals surface area (Å²) in [6.07, 6.45) is 6.96. The first kappa shape index (κ1) is 18.6. The zero-order chi connectivity index (χ0) is 19.8. The molecule has 2 amide bonds. The van der Waals surface area contributed by atoms with Crippen molar-refractivity contribution in [3.05, 3.63) is 30.3 Å². The van der Waals surface area contributed by atoms with Gasteiger partial charge in [0.25, 0.3) is 5.91 Å². The third-order valence-corrected chi connectivity index (χ3v) is 6.84. The van der Waals surface area contributed by atoms with Crippen LogP contribution in [0.1, 0.15) is 36.2 Å². The fourth-order valence-electron chi connectivity index (χ4n) is 5.04. The van der Waals surface area contributed by atoms with Gasteiger partial charge in [0.2, 0.25) is 5.91 Å². The molecule has 2 unspecified atom stereocenters. The van der Waals surface area contributed by atoms with Crippen LogP contribution >= 0.6 is 0 Å². The smallest absolute Gasteiger partial charge is 0.287 e. The van der Waals surface area contributed by atoms with E-state index in [0.29, 0.717) is 53.9 Å². The summed E-state index contributed by atoms with van der Waals surface area (Å²) in [5.74, 6) is 2.81. The Kier molecular flexibility index (Phi) is 4.99. The van der Waals surface area contributed by atoms with Crippen molar-refractivity contribution >= 4 is 22.8 Å². The average Bonchev–Trinajstić information content (AvgIpc) is 3.11. The van der Waals surface area contributed by atoms with Gasteiger partial charge in [-0.2, -0.15) is 0 Å². The van der Waals surface area contributed by atoms with Gasteiger partial charge in [-0.25, -0.2) is 0 Å². The third-order valence-electron chi connectivity index (χ3n) is 6.84. The molecule has 2 atom stereocenters. The lowest BCUT2D eigenvalue weighted by atomic mass is 9.96. The van der Waals surface area contributed by atoms with E-state index in [1.54, 1.807) is 18.5 Å². The normalized spacial score (nSPS) is 26.5. The van der Waals surface area contributed by atoms with Gasteiger partial charge >= 0.3 is 0 Å². The van der Waals surface area contributed by atoms with E-state index in [2.05, 4.69) is 15.2 Å². The molecule has 5 rings (SSSR count). The standard InChI is InChI=1S/C22H27N3O4/c26-21(9-14-3-7-28-8-4-14)25-12-17-16(18(17)13-25)2-6-24-22(27)19-10-15-1-5-23-11-20(15)29-19/h1,5,10-11,14,16-18H,2-4,6-9,12-13H2,(H,24,27). The van der Waals surface area contributed by atoms with E-state index in [9.17, 15) is 9.59 Å². The monoisotopic (exact) mass is 397 g/mol. The summed E-state index contributed by atoms with van der Waals surface area (Å²) in [5, 5.41) is 3.85. The molecule has 0 aromatic carbocycles. The second kappa shape index (κ2) is 7.78. The van der Waals surface area contributed by atoms with Crippen molar-refractivity contribution < 1.29 is 18.7 Å². The quantitative estimate of drug-likeness (QED) is 0.809. The largest absolute Gasteiger partial charge is 0.449 e. The van der Waals surface area contributed by atoms with Gasteiger partial charge in [0, 0.05) is 50.9 Å². The predicted octanol–water partition coefficient (Wildman–Crippen LogP) is 2.47. The van der Waals surface area contributed by atoms with Crippen molar-refractivity contribution in [1.29, 1.82) is 0 Å². The fraction of sp³-hybridized carbons (Fsp3) is 0.591. The highest BCUT2D eigenvalue weighted by molar-refractivity contribution is 5.95. The van der Waals surface area contributed by atoms with Crippen LogP contribution in [0.15, 0.2) is 28.9 Å². The minimum Gasteiger partial charge on any atom is -0.449 e. The Morgan fingerprint density at radius 1 is 1.21 bits per heavy atom. The van der Waals surface area contributed by atoms with Gasteiger partial charge in [-0.3, -0.25) is 14.6 Å². The van der Waals surface area contributed by atoms with Crippen molar-refractivity contribution in [2.45, 2.75) is 25.7 Å². The molecule has 1 N–H and O–H groups in total. The predicted molar refractivity (Wildman–Crippen MR) is 106 cm³/mol. The van der Waals surface area contributed by atoms with Crippen molar-refractivity contribution in [2.24, 2.45) is 23.7 Å². The summed E-state index contributed by atoms with van der Waals surface area (Å²) in [4.78, 5) is 30.9. The number of ether oxygens (including phenoxy) is 1. The topological polar surface area (TPSA) is 84.7 Å². The van der Waals surface area contributed by atoms with E-state index >= 15 is 0 Å². The van der Waals surface area contributed by atoms with Crippen LogP contribution in [-0.2, 0) is 9.53 Å². The van der Waals surface area contributed by atoms with Crippen molar-refractivity contribution in [3.63, 3.8) is 0 Å². The van der Waals surface area contributed by atoms with E-state index in [0.717, 1.165) is 51.0 Å². The van der Waals surface area contributed by atoms with Crippen molar-refractivity contribution in [2.75, 3.05) is 32.8 Å². The minimum atomic E-state index is -0.180. The lowest BCUT2D eigenvalue weighted by Crippen LogP contribution is -2.34. The zero-order valence-corrected chi connectivity index (χ0v) is 16.5. The number of likely N-dealkylation sites (tertiary alicyclic amines) is 1. The highest BCUT2D eigenvalue weighted by atomic mass is 16.5. The number of hydrogen-bond acceptors (Lipinski definition) is 5. The summed E-state index contributed by atoms with van der Waals surface area (Å²) in [6.45, 7) is 4.01. The van der Waals surface area contributed by atoms with Gasteiger partial charge in [-0.1, -0.05) is 0 Å². The molecule has 0 spiro atoms. The number of amides is 2. The maximum atomic E-state index is 12.5. The average molecular weight is 397 g/mol. The van der Waals surface area contributed by atoms with Gasteiger partial charge in [0.15, 0.2) is 11.3 Å². The van der Waals surface area contributed by atoms with Crippen molar-refractivity contribution in [1.82, 2.24) is 15.2 Å². The first-order valence-corrected chi connectivity index (χ1v) is 10.7. The highest BCUT2D eigenvalue weighted by Crippen LogP contribution is 2.53. The second-order valence-electron chi connectivity index (χ2n) is 8.62. The molecule has 29 heavy (non-hydrogen) atoms. The van der Waals surface area contributed by atoms with Crippen LogP contribution in [0.3, 0.4) is 0 Å². The van der Waals surface area contributed by atoms with Crippen LogP contribution in [0.5, 0.6) is 0 Å². The molecule has 2 aromatic rings. The molecule has 3 fully saturated rings. The number of nitrogens with zero attached hydrogens (tertiary/aromatic N) is 2. The lowest BCUT2D eigenvalue weighted by Gasteiger charge is -2.25. The molecule has 2 aromatic heterocycles. The third kappa shape index (κ3) is 3.88. The van der Waals surface area contributed by atoms with Crippen LogP contribution in [0, 0.1) is 23.7 Å². The molecular weight excluding hydrogens is 370 g/mol. The number of piperidine rings is 1. The molecular formula is C22H27N3O4. The van der Waals surface area contributed by atoms with Crippen LogP contribution in [0.4, 0.5) is 0 Å². The minimum absolute atomic E-state index is 0.180. The molecule has 2 saturated heterocycles. The first-order valence-electron chi connectivity index (χ1n) is 10.7. The SMILES string of the molecule is O=C(NCCC1C2CN(C(=O)CC3CCOCC3)CC12)c1cc2ccncc2o1. The molecule has 4 heterocycles. The van der Waals surface area contributed by atoms with Gasteiger partial charge < -0.3 is 19.4 Å². The Balaban J connectivity index is 1.04. The maximum absolute atomic E-state index is 12.5. The fourth-order valence-corrected chi connectivity index (χ4v) is 5.04. The summed E-state index contributed by atoms with van der Waals surface area (Å²) < 4.78 is 10.9. The van der Waals surface area contributed by atoms with E-state index in [1.165, 1.54) is 0 Å².